The number of rotatable bonds is 13. The van der Waals surface area contributed by atoms with E-state index in [1.54, 1.807) is 0 Å². The Morgan fingerprint density at radius 3 is 1.96 bits per heavy atom. The van der Waals surface area contributed by atoms with Gasteiger partial charge in [0, 0.05) is 12.1 Å². The van der Waals surface area contributed by atoms with E-state index in [1.165, 1.54) is 69.8 Å². The van der Waals surface area contributed by atoms with Crippen LogP contribution in [0.3, 0.4) is 0 Å². The molecule has 0 aromatic heterocycles. The number of amides is 1. The highest BCUT2D eigenvalue weighted by atomic mass is 16.1. The summed E-state index contributed by atoms with van der Waals surface area (Å²) < 4.78 is 0. The molecule has 0 fully saturated rings. The molecule has 1 rings (SSSR count). The first-order valence-corrected chi connectivity index (χ1v) is 10.0. The highest BCUT2D eigenvalue weighted by molar-refractivity contribution is 5.91. The van der Waals surface area contributed by atoms with E-state index < -0.39 is 0 Å². The minimum atomic E-state index is 0.152. The molecule has 0 bridgehead atoms. The molecule has 0 spiro atoms. The summed E-state index contributed by atoms with van der Waals surface area (Å²) in [4.78, 5) is 12.0. The van der Waals surface area contributed by atoms with Crippen LogP contribution in [0.4, 0.5) is 5.69 Å². The lowest BCUT2D eigenvalue weighted by Crippen LogP contribution is -2.12. The third-order valence-electron chi connectivity index (χ3n) is 4.67. The van der Waals surface area contributed by atoms with E-state index in [0.29, 0.717) is 6.42 Å². The van der Waals surface area contributed by atoms with Crippen LogP contribution in [0.1, 0.15) is 95.1 Å². The van der Waals surface area contributed by atoms with Crippen molar-refractivity contribution in [2.75, 3.05) is 5.32 Å². The number of carbonyl (C=O) groups is 1. The Morgan fingerprint density at radius 2 is 1.38 bits per heavy atom. The first kappa shape index (κ1) is 20.7. The van der Waals surface area contributed by atoms with Gasteiger partial charge < -0.3 is 5.32 Å². The lowest BCUT2D eigenvalue weighted by atomic mass is 10.1. The van der Waals surface area contributed by atoms with E-state index in [0.717, 1.165) is 17.7 Å². The zero-order chi connectivity index (χ0) is 17.6. The van der Waals surface area contributed by atoms with Crippen LogP contribution in [0.2, 0.25) is 0 Å². The van der Waals surface area contributed by atoms with Crippen LogP contribution >= 0.6 is 0 Å². The minimum absolute atomic E-state index is 0.152. The van der Waals surface area contributed by atoms with E-state index in [9.17, 15) is 4.79 Å². The van der Waals surface area contributed by atoms with Crippen LogP contribution in [-0.4, -0.2) is 5.91 Å². The predicted octanol–water partition coefficient (Wildman–Crippen LogP) is 6.94. The number of aryl methyl sites for hydroxylation is 2. The summed E-state index contributed by atoms with van der Waals surface area (Å²) in [5.41, 5.74) is 3.28. The molecule has 0 aliphatic carbocycles. The molecule has 0 saturated carbocycles. The number of hydrogen-bond donors (Lipinski definition) is 1. The summed E-state index contributed by atoms with van der Waals surface area (Å²) in [5.74, 6) is 0.152. The van der Waals surface area contributed by atoms with Crippen molar-refractivity contribution in [1.29, 1.82) is 0 Å². The van der Waals surface area contributed by atoms with Crippen LogP contribution in [0.15, 0.2) is 18.2 Å². The Kier molecular flexibility index (Phi) is 11.3. The van der Waals surface area contributed by atoms with Gasteiger partial charge in [-0.05, 0) is 37.5 Å². The Labute approximate surface area is 149 Å². The van der Waals surface area contributed by atoms with E-state index >= 15 is 0 Å². The molecular weight excluding hydrogens is 294 g/mol. The van der Waals surface area contributed by atoms with Crippen LogP contribution in [0, 0.1) is 13.8 Å². The molecule has 0 aliphatic rings. The van der Waals surface area contributed by atoms with E-state index in [4.69, 9.17) is 0 Å². The summed E-state index contributed by atoms with van der Waals surface area (Å²) in [6, 6.07) is 6.19. The van der Waals surface area contributed by atoms with Gasteiger partial charge in [0.05, 0.1) is 0 Å². The summed E-state index contributed by atoms with van der Waals surface area (Å²) in [6.45, 7) is 6.36. The Bertz CT molecular complexity index is 467. The maximum atomic E-state index is 12.0. The summed E-state index contributed by atoms with van der Waals surface area (Å²) in [5, 5.41) is 3.05. The Balaban J connectivity index is 1.99. The van der Waals surface area contributed by atoms with Gasteiger partial charge in [-0.2, -0.15) is 0 Å². The number of nitrogens with one attached hydrogen (secondary N) is 1. The molecule has 0 heterocycles. The third kappa shape index (κ3) is 9.75. The van der Waals surface area contributed by atoms with Crippen molar-refractivity contribution in [3.05, 3.63) is 29.3 Å². The molecule has 0 radical (unpaired) electrons. The second-order valence-electron chi connectivity index (χ2n) is 7.15. The van der Waals surface area contributed by atoms with Gasteiger partial charge >= 0.3 is 0 Å². The molecule has 0 unspecified atom stereocenters. The average molecular weight is 332 g/mol. The van der Waals surface area contributed by atoms with Crippen LogP contribution < -0.4 is 5.32 Å². The van der Waals surface area contributed by atoms with E-state index in [2.05, 4.69) is 31.3 Å². The molecule has 136 valence electrons. The van der Waals surface area contributed by atoms with Crippen LogP contribution in [0.25, 0.3) is 0 Å². The number of carbonyl (C=O) groups excluding carboxylic acids is 1. The molecule has 0 aliphatic heterocycles. The predicted molar refractivity (Wildman–Crippen MR) is 106 cm³/mol. The molecule has 1 N–H and O–H groups in total. The average Bonchev–Trinajstić information content (AvgIpc) is 2.56. The van der Waals surface area contributed by atoms with Crippen molar-refractivity contribution in [1.82, 2.24) is 0 Å². The molecule has 2 nitrogen and oxygen atoms in total. The highest BCUT2D eigenvalue weighted by Crippen LogP contribution is 2.17. The van der Waals surface area contributed by atoms with Gasteiger partial charge in [-0.15, -0.1) is 0 Å². The first-order valence-electron chi connectivity index (χ1n) is 10.0. The zero-order valence-electron chi connectivity index (χ0n) is 16.1. The molecule has 1 aromatic carbocycles. The van der Waals surface area contributed by atoms with Crippen LogP contribution in [-0.2, 0) is 4.79 Å². The van der Waals surface area contributed by atoms with Crippen molar-refractivity contribution < 1.29 is 4.79 Å². The van der Waals surface area contributed by atoms with Crippen LogP contribution in [0.5, 0.6) is 0 Å². The molecule has 0 atom stereocenters. The summed E-state index contributed by atoms with van der Waals surface area (Å²) in [6.07, 6.45) is 15.1. The van der Waals surface area contributed by atoms with Crippen molar-refractivity contribution in [3.63, 3.8) is 0 Å². The molecule has 1 aromatic rings. The fourth-order valence-corrected chi connectivity index (χ4v) is 3.03. The SMILES string of the molecule is CCCCCCCCCCCCCC(=O)Nc1cc(C)ccc1C. The minimum Gasteiger partial charge on any atom is -0.326 e. The molecule has 1 amide bonds. The molecular formula is C22H37NO. The van der Waals surface area contributed by atoms with Gasteiger partial charge in [-0.1, -0.05) is 83.3 Å². The largest absolute Gasteiger partial charge is 0.326 e. The monoisotopic (exact) mass is 331 g/mol. The molecule has 2 heteroatoms. The number of hydrogen-bond acceptors (Lipinski definition) is 1. The molecule has 0 saturated heterocycles. The second kappa shape index (κ2) is 13.0. The maximum Gasteiger partial charge on any atom is 0.224 e. The normalized spacial score (nSPS) is 10.8. The topological polar surface area (TPSA) is 29.1 Å². The Morgan fingerprint density at radius 1 is 0.833 bits per heavy atom. The standard InChI is InChI=1S/C22H37NO/c1-4-5-6-7-8-9-10-11-12-13-14-15-22(24)23-21-18-19(2)16-17-20(21)3/h16-18H,4-15H2,1-3H3,(H,23,24). The first-order chi connectivity index (χ1) is 11.6. The van der Waals surface area contributed by atoms with Gasteiger partial charge in [0.2, 0.25) is 5.91 Å². The lowest BCUT2D eigenvalue weighted by molar-refractivity contribution is -0.116. The zero-order valence-corrected chi connectivity index (χ0v) is 16.1. The quantitative estimate of drug-likeness (QED) is 0.389. The number of anilines is 1. The summed E-state index contributed by atoms with van der Waals surface area (Å²) >= 11 is 0. The summed E-state index contributed by atoms with van der Waals surface area (Å²) in [7, 11) is 0. The van der Waals surface area contributed by atoms with Gasteiger partial charge in [0.15, 0.2) is 0 Å². The number of unbranched alkanes of at least 4 members (excludes halogenated alkanes) is 10. The highest BCUT2D eigenvalue weighted by Gasteiger charge is 2.04. The van der Waals surface area contributed by atoms with Gasteiger partial charge in [0.25, 0.3) is 0 Å². The lowest BCUT2D eigenvalue weighted by Gasteiger charge is -2.09. The van der Waals surface area contributed by atoms with Gasteiger partial charge in [-0.3, -0.25) is 4.79 Å². The number of benzene rings is 1. The smallest absolute Gasteiger partial charge is 0.224 e. The van der Waals surface area contributed by atoms with E-state index in [1.807, 2.05) is 13.0 Å². The van der Waals surface area contributed by atoms with Gasteiger partial charge in [0.1, 0.15) is 0 Å². The fourth-order valence-electron chi connectivity index (χ4n) is 3.03. The second-order valence-corrected chi connectivity index (χ2v) is 7.15. The van der Waals surface area contributed by atoms with Crippen molar-refractivity contribution >= 4 is 11.6 Å². The van der Waals surface area contributed by atoms with Crippen molar-refractivity contribution in [3.8, 4) is 0 Å². The molecule has 24 heavy (non-hydrogen) atoms. The van der Waals surface area contributed by atoms with Gasteiger partial charge in [-0.25, -0.2) is 0 Å². The van der Waals surface area contributed by atoms with E-state index in [-0.39, 0.29) is 5.91 Å². The fraction of sp³-hybridized carbons (Fsp3) is 0.682. The third-order valence-corrected chi connectivity index (χ3v) is 4.67. The van der Waals surface area contributed by atoms with Crippen molar-refractivity contribution in [2.45, 2.75) is 97.8 Å². The maximum absolute atomic E-state index is 12.0. The Hall–Kier alpha value is -1.31. The van der Waals surface area contributed by atoms with Crippen molar-refractivity contribution in [2.24, 2.45) is 0 Å².